The second-order valence-electron chi connectivity index (χ2n) is 11.8. The minimum Gasteiger partial charge on any atom is -0.344 e. The molecule has 1 N–H and O–H groups in total. The Balaban J connectivity index is 1.39. The minimum atomic E-state index is -0.278. The lowest BCUT2D eigenvalue weighted by atomic mass is 9.42. The van der Waals surface area contributed by atoms with Crippen molar-refractivity contribution in [1.29, 1.82) is 0 Å². The normalized spacial score (nSPS) is 32.8. The monoisotopic (exact) mass is 421 g/mol. The van der Waals surface area contributed by atoms with Gasteiger partial charge in [0.2, 0.25) is 11.8 Å². The van der Waals surface area contributed by atoms with Gasteiger partial charge in [0.1, 0.15) is 6.04 Å². The maximum Gasteiger partial charge on any atom is 0.248 e. The molecule has 4 aliphatic rings. The van der Waals surface area contributed by atoms with Crippen molar-refractivity contribution >= 4 is 5.91 Å². The summed E-state index contributed by atoms with van der Waals surface area (Å²) in [5.74, 6) is 2.66. The lowest BCUT2D eigenvalue weighted by molar-refractivity contribution is -0.150. The van der Waals surface area contributed by atoms with Crippen LogP contribution in [-0.2, 0) is 15.6 Å². The van der Waals surface area contributed by atoms with E-state index < -0.39 is 0 Å². The standard InChI is InChI=1S/C26H35N3O2/c1-16-6-8-20(9-7-16)25-11-18-10-19(12-25)14-26(13-18,15-25)23(30)27-17(2)21-28-22(29-31-21)24(3,4)5/h6-9,17-19H,10-15H2,1-5H3,(H,27,30). The van der Waals surface area contributed by atoms with Crippen LogP contribution >= 0.6 is 0 Å². The Morgan fingerprint density at radius 1 is 1.13 bits per heavy atom. The molecule has 31 heavy (non-hydrogen) atoms. The Morgan fingerprint density at radius 3 is 2.35 bits per heavy atom. The molecule has 5 heteroatoms. The maximum atomic E-state index is 13.7. The zero-order chi connectivity index (χ0) is 22.0. The van der Waals surface area contributed by atoms with Crippen molar-refractivity contribution in [2.75, 3.05) is 0 Å². The number of aryl methyl sites for hydroxylation is 1. The summed E-state index contributed by atoms with van der Waals surface area (Å²) in [6.45, 7) is 10.3. The van der Waals surface area contributed by atoms with Crippen molar-refractivity contribution in [3.05, 3.63) is 47.1 Å². The number of nitrogens with zero attached hydrogens (tertiary/aromatic N) is 2. The van der Waals surface area contributed by atoms with E-state index in [0.29, 0.717) is 23.6 Å². The molecule has 4 bridgehead atoms. The van der Waals surface area contributed by atoms with E-state index in [-0.39, 0.29) is 28.2 Å². The molecule has 0 radical (unpaired) electrons. The molecule has 3 atom stereocenters. The summed E-state index contributed by atoms with van der Waals surface area (Å²) in [4.78, 5) is 18.3. The first kappa shape index (κ1) is 20.7. The van der Waals surface area contributed by atoms with Gasteiger partial charge in [0.25, 0.3) is 0 Å². The Kier molecular flexibility index (Phi) is 4.62. The predicted molar refractivity (Wildman–Crippen MR) is 120 cm³/mol. The average Bonchev–Trinajstić information content (AvgIpc) is 3.18. The number of nitrogens with one attached hydrogen (secondary N) is 1. The maximum absolute atomic E-state index is 13.7. The fraction of sp³-hybridized carbons (Fsp3) is 0.654. The van der Waals surface area contributed by atoms with E-state index in [1.165, 1.54) is 30.4 Å². The second kappa shape index (κ2) is 6.91. The molecule has 166 valence electrons. The van der Waals surface area contributed by atoms with Crippen LogP contribution in [0.5, 0.6) is 0 Å². The molecule has 1 aromatic carbocycles. The van der Waals surface area contributed by atoms with Crippen LogP contribution in [0.4, 0.5) is 0 Å². The Morgan fingerprint density at radius 2 is 1.77 bits per heavy atom. The number of aromatic nitrogens is 2. The molecule has 0 aliphatic heterocycles. The molecule has 0 spiro atoms. The van der Waals surface area contributed by atoms with Crippen LogP contribution in [-0.4, -0.2) is 16.0 Å². The zero-order valence-electron chi connectivity index (χ0n) is 19.5. The van der Waals surface area contributed by atoms with Crippen molar-refractivity contribution in [2.45, 2.75) is 90.0 Å². The Bertz CT molecular complexity index is 971. The van der Waals surface area contributed by atoms with Crippen LogP contribution in [0.3, 0.4) is 0 Å². The van der Waals surface area contributed by atoms with E-state index in [4.69, 9.17) is 4.52 Å². The predicted octanol–water partition coefficient (Wildman–Crippen LogP) is 5.39. The quantitative estimate of drug-likeness (QED) is 0.718. The molecular formula is C26H35N3O2. The highest BCUT2D eigenvalue weighted by Gasteiger charge is 2.61. The van der Waals surface area contributed by atoms with Gasteiger partial charge in [0.05, 0.1) is 5.41 Å². The molecule has 4 aliphatic carbocycles. The van der Waals surface area contributed by atoms with E-state index in [0.717, 1.165) is 19.3 Å². The third kappa shape index (κ3) is 3.50. The number of carbonyl (C=O) groups is 1. The Hall–Kier alpha value is -2.17. The number of amides is 1. The van der Waals surface area contributed by atoms with E-state index in [1.54, 1.807) is 0 Å². The van der Waals surface area contributed by atoms with Crippen LogP contribution in [0.1, 0.15) is 95.1 Å². The molecular weight excluding hydrogens is 386 g/mol. The van der Waals surface area contributed by atoms with Crippen LogP contribution in [0.2, 0.25) is 0 Å². The number of hydrogen-bond donors (Lipinski definition) is 1. The molecule has 6 rings (SSSR count). The second-order valence-corrected chi connectivity index (χ2v) is 11.8. The molecule has 1 aromatic heterocycles. The highest BCUT2D eigenvalue weighted by atomic mass is 16.5. The summed E-state index contributed by atoms with van der Waals surface area (Å²) < 4.78 is 5.50. The van der Waals surface area contributed by atoms with Gasteiger partial charge in [0.15, 0.2) is 5.82 Å². The summed E-state index contributed by atoms with van der Waals surface area (Å²) in [7, 11) is 0. The van der Waals surface area contributed by atoms with E-state index in [2.05, 4.69) is 67.4 Å². The van der Waals surface area contributed by atoms with Crippen molar-refractivity contribution in [1.82, 2.24) is 15.5 Å². The summed E-state index contributed by atoms with van der Waals surface area (Å²) in [5, 5.41) is 7.39. The smallest absolute Gasteiger partial charge is 0.248 e. The SMILES string of the molecule is Cc1ccc(C23CC4CC(CC(C(=O)NC(C)c5nc(C(C)(C)C)no5)(C4)C2)C3)cc1. The van der Waals surface area contributed by atoms with Crippen molar-refractivity contribution in [3.8, 4) is 0 Å². The molecule has 5 nitrogen and oxygen atoms in total. The van der Waals surface area contributed by atoms with E-state index in [9.17, 15) is 4.79 Å². The molecule has 1 amide bonds. The summed E-state index contributed by atoms with van der Waals surface area (Å²) in [5.41, 5.74) is 2.44. The summed E-state index contributed by atoms with van der Waals surface area (Å²) >= 11 is 0. The van der Waals surface area contributed by atoms with Crippen molar-refractivity contribution in [3.63, 3.8) is 0 Å². The largest absolute Gasteiger partial charge is 0.344 e. The molecule has 4 fully saturated rings. The van der Waals surface area contributed by atoms with Gasteiger partial charge < -0.3 is 9.84 Å². The molecule has 4 saturated carbocycles. The molecule has 1 heterocycles. The van der Waals surface area contributed by atoms with Gasteiger partial charge in [-0.3, -0.25) is 4.79 Å². The molecule has 0 saturated heterocycles. The average molecular weight is 422 g/mol. The van der Waals surface area contributed by atoms with Crippen LogP contribution < -0.4 is 5.32 Å². The first-order chi connectivity index (χ1) is 14.6. The van der Waals surface area contributed by atoms with Crippen molar-refractivity contribution in [2.24, 2.45) is 17.3 Å². The highest BCUT2D eigenvalue weighted by Crippen LogP contribution is 2.65. The lowest BCUT2D eigenvalue weighted by Gasteiger charge is -2.61. The van der Waals surface area contributed by atoms with Gasteiger partial charge in [0, 0.05) is 5.41 Å². The van der Waals surface area contributed by atoms with Gasteiger partial charge in [-0.05, 0) is 75.2 Å². The zero-order valence-corrected chi connectivity index (χ0v) is 19.5. The number of hydrogen-bond acceptors (Lipinski definition) is 4. The van der Waals surface area contributed by atoms with Gasteiger partial charge >= 0.3 is 0 Å². The molecule has 2 aromatic rings. The molecule has 3 unspecified atom stereocenters. The van der Waals surface area contributed by atoms with Crippen LogP contribution in [0.25, 0.3) is 0 Å². The topological polar surface area (TPSA) is 68.0 Å². The number of rotatable bonds is 4. The summed E-state index contributed by atoms with van der Waals surface area (Å²) in [6.07, 6.45) is 6.76. The van der Waals surface area contributed by atoms with Gasteiger partial charge in [-0.15, -0.1) is 0 Å². The van der Waals surface area contributed by atoms with Gasteiger partial charge in [-0.2, -0.15) is 4.98 Å². The van der Waals surface area contributed by atoms with Crippen LogP contribution in [0, 0.1) is 24.2 Å². The first-order valence-electron chi connectivity index (χ1n) is 11.8. The minimum absolute atomic E-state index is 0.155. The lowest BCUT2D eigenvalue weighted by Crippen LogP contribution is -2.59. The fourth-order valence-corrected chi connectivity index (χ4v) is 6.90. The summed E-state index contributed by atoms with van der Waals surface area (Å²) in [6, 6.07) is 8.79. The Labute approximate surface area is 185 Å². The highest BCUT2D eigenvalue weighted by molar-refractivity contribution is 5.83. The van der Waals surface area contributed by atoms with E-state index in [1.807, 2.05) is 6.92 Å². The van der Waals surface area contributed by atoms with Crippen molar-refractivity contribution < 1.29 is 9.32 Å². The van der Waals surface area contributed by atoms with Gasteiger partial charge in [-0.25, -0.2) is 0 Å². The number of carbonyl (C=O) groups excluding carboxylic acids is 1. The van der Waals surface area contributed by atoms with E-state index >= 15 is 0 Å². The third-order valence-electron chi connectivity index (χ3n) is 8.04. The fourth-order valence-electron chi connectivity index (χ4n) is 6.90. The van der Waals surface area contributed by atoms with Gasteiger partial charge in [-0.1, -0.05) is 55.8 Å². The van der Waals surface area contributed by atoms with Crippen LogP contribution in [0.15, 0.2) is 28.8 Å². The first-order valence-corrected chi connectivity index (χ1v) is 11.8. The third-order valence-corrected chi connectivity index (χ3v) is 8.04. The number of benzene rings is 1.